The molecule has 0 saturated heterocycles. The van der Waals surface area contributed by atoms with Crippen LogP contribution in [0.15, 0.2) is 83.0 Å². The van der Waals surface area contributed by atoms with Crippen molar-refractivity contribution in [3.8, 4) is 5.75 Å². The number of nitrogens with zero attached hydrogens (tertiary/aromatic N) is 3. The van der Waals surface area contributed by atoms with Crippen molar-refractivity contribution in [2.45, 2.75) is 12.3 Å². The van der Waals surface area contributed by atoms with Gasteiger partial charge >= 0.3 is 76.2 Å². The van der Waals surface area contributed by atoms with Gasteiger partial charge in [0.2, 0.25) is 5.39 Å². The van der Waals surface area contributed by atoms with E-state index in [4.69, 9.17) is 30.0 Å². The molecule has 200 valence electrons. The van der Waals surface area contributed by atoms with E-state index in [1.807, 2.05) is 18.2 Å². The molecule has 1 atom stereocenters. The molecule has 0 aliphatic rings. The molecule has 0 heterocycles. The first-order valence-corrected chi connectivity index (χ1v) is 11.4. The molecule has 39 heavy (non-hydrogen) atoms. The minimum absolute atomic E-state index is 0. The largest absolute Gasteiger partial charge is 1.00 e. The summed E-state index contributed by atoms with van der Waals surface area (Å²) in [6, 6.07) is 19.3. The first kappa shape index (κ1) is 44.4. The second kappa shape index (κ2) is 21.2. The summed E-state index contributed by atoms with van der Waals surface area (Å²) in [6.07, 6.45) is 0. The number of benzene rings is 4. The number of hydrogen-bond donors (Lipinski definition) is 2. The van der Waals surface area contributed by atoms with Crippen LogP contribution in [0.5, 0.6) is 5.75 Å². The number of fused-ring (bicyclic) bond motifs is 2. The third-order valence-corrected chi connectivity index (χ3v) is 5.53. The Kier molecular flexibility index (Phi) is 24.2. The second-order valence-electron chi connectivity index (χ2n) is 6.26. The van der Waals surface area contributed by atoms with Crippen molar-refractivity contribution in [2.75, 3.05) is 5.73 Å². The van der Waals surface area contributed by atoms with Gasteiger partial charge in [0.1, 0.15) is 10.1 Å². The summed E-state index contributed by atoms with van der Waals surface area (Å²) < 4.78 is 57.0. The molecule has 0 bridgehead atoms. The summed E-state index contributed by atoms with van der Waals surface area (Å²) in [7, 11) is -4.53. The van der Waals surface area contributed by atoms with Gasteiger partial charge in [-0.3, -0.25) is 4.55 Å². The van der Waals surface area contributed by atoms with E-state index >= 15 is 0 Å². The molecule has 12 nitrogen and oxygen atoms in total. The van der Waals surface area contributed by atoms with E-state index in [-0.39, 0.29) is 107 Å². The maximum atomic E-state index is 11.0. The van der Waals surface area contributed by atoms with Crippen LogP contribution in [-0.4, -0.2) is 21.7 Å². The number of nitrogen functional groups attached to an aromatic ring is 1. The van der Waals surface area contributed by atoms with E-state index in [1.165, 1.54) is 12.1 Å². The Balaban J connectivity index is -0.000000256. The van der Waals surface area contributed by atoms with Crippen LogP contribution in [-0.2, 0) is 21.5 Å². The fraction of sp³-hybridized carbons (Fsp3) is 0.0476. The Morgan fingerprint density at radius 1 is 0.923 bits per heavy atom. The quantitative estimate of drug-likeness (QED) is 0.0430. The molecule has 1 unspecified atom stereocenters. The SMILES string of the molecule is C.Cl.N#[N+]c1ccc(S(=O)(=O)[O-])c2ccccc12.Nc1ccc(OS(=O)O)c2ccccc12.O=N[O-].[Cl-].[Na+].[Na+]. The summed E-state index contributed by atoms with van der Waals surface area (Å²) >= 11 is -2.32. The Hall–Kier alpha value is -1.58. The number of halogens is 2. The first-order valence-electron chi connectivity index (χ1n) is 8.98. The molecule has 0 fully saturated rings. The van der Waals surface area contributed by atoms with Gasteiger partial charge in [-0.1, -0.05) is 49.9 Å². The molecule has 0 amide bonds. The molecule has 0 aliphatic carbocycles. The Morgan fingerprint density at radius 2 is 1.38 bits per heavy atom. The smallest absolute Gasteiger partial charge is 1.00 e. The van der Waals surface area contributed by atoms with Gasteiger partial charge in [-0.25, -0.2) is 8.42 Å². The van der Waals surface area contributed by atoms with E-state index in [0.717, 1.165) is 22.2 Å². The molecule has 4 aromatic rings. The van der Waals surface area contributed by atoms with Crippen LogP contribution >= 0.6 is 12.4 Å². The van der Waals surface area contributed by atoms with E-state index in [1.54, 1.807) is 36.4 Å². The zero-order valence-electron chi connectivity index (χ0n) is 19.8. The second-order valence-corrected chi connectivity index (χ2v) is 8.20. The van der Waals surface area contributed by atoms with Crippen LogP contribution in [0.3, 0.4) is 0 Å². The summed E-state index contributed by atoms with van der Waals surface area (Å²) in [6.45, 7) is 0. The predicted molar refractivity (Wildman–Crippen MR) is 140 cm³/mol. The van der Waals surface area contributed by atoms with Crippen LogP contribution in [0.25, 0.3) is 26.5 Å². The van der Waals surface area contributed by atoms with Crippen LogP contribution in [0.4, 0.5) is 11.4 Å². The van der Waals surface area contributed by atoms with E-state index in [9.17, 15) is 17.2 Å². The number of hydrogen-bond acceptors (Lipinski definition) is 10. The van der Waals surface area contributed by atoms with Gasteiger partial charge in [0.15, 0.2) is 10.7 Å². The first-order chi connectivity index (χ1) is 16.1. The maximum absolute atomic E-state index is 11.0. The van der Waals surface area contributed by atoms with Gasteiger partial charge in [0, 0.05) is 27.9 Å². The average molecular weight is 637 g/mol. The van der Waals surface area contributed by atoms with Gasteiger partial charge < -0.3 is 37.0 Å². The molecular formula is C21H20Cl2N4Na2O8S2. The minimum Gasteiger partial charge on any atom is -1.00 e. The third kappa shape index (κ3) is 12.6. The molecule has 4 rings (SSSR count). The zero-order valence-corrected chi connectivity index (χ0v) is 27.0. The number of diazo groups is 1. The van der Waals surface area contributed by atoms with Crippen molar-refractivity contribution in [3.63, 3.8) is 0 Å². The van der Waals surface area contributed by atoms with Crippen molar-refractivity contribution in [2.24, 2.45) is 5.34 Å². The molecule has 0 aromatic heterocycles. The van der Waals surface area contributed by atoms with Crippen molar-refractivity contribution < 1.29 is 97.4 Å². The molecule has 18 heteroatoms. The normalized spacial score (nSPS) is 9.77. The van der Waals surface area contributed by atoms with Crippen molar-refractivity contribution in [3.05, 3.63) is 87.9 Å². The van der Waals surface area contributed by atoms with Crippen molar-refractivity contribution in [1.29, 1.82) is 5.39 Å². The van der Waals surface area contributed by atoms with E-state index < -0.39 is 21.5 Å². The summed E-state index contributed by atoms with van der Waals surface area (Å²) in [4.78, 5) is 10.7. The van der Waals surface area contributed by atoms with Crippen LogP contribution in [0.1, 0.15) is 7.43 Å². The number of anilines is 1. The Morgan fingerprint density at radius 3 is 1.85 bits per heavy atom. The monoisotopic (exact) mass is 636 g/mol. The maximum Gasteiger partial charge on any atom is 1.00 e. The molecule has 0 aliphatic heterocycles. The topological polar surface area (TPSA) is 210 Å². The number of rotatable bonds is 3. The zero-order chi connectivity index (χ0) is 25.3. The van der Waals surface area contributed by atoms with Gasteiger partial charge in [-0.15, -0.1) is 17.7 Å². The Labute approximate surface area is 283 Å². The molecule has 3 N–H and O–H groups in total. The van der Waals surface area contributed by atoms with Crippen molar-refractivity contribution in [1.82, 2.24) is 0 Å². The van der Waals surface area contributed by atoms with Crippen LogP contribution in [0.2, 0.25) is 0 Å². The van der Waals surface area contributed by atoms with Gasteiger partial charge in [-0.05, 0) is 24.3 Å². The van der Waals surface area contributed by atoms with Gasteiger partial charge in [0.25, 0.3) is 0 Å². The Bertz CT molecular complexity index is 1530. The number of nitrogens with two attached hydrogens (primary N) is 1. The molecule has 0 radical (unpaired) electrons. The third-order valence-electron chi connectivity index (χ3n) is 4.32. The van der Waals surface area contributed by atoms with E-state index in [0.29, 0.717) is 16.8 Å². The minimum atomic E-state index is -4.53. The molecule has 4 aromatic carbocycles. The summed E-state index contributed by atoms with van der Waals surface area (Å²) in [5, 5.41) is 19.9. The molecule has 0 spiro atoms. The van der Waals surface area contributed by atoms with Crippen molar-refractivity contribution >= 4 is 66.8 Å². The van der Waals surface area contributed by atoms with Crippen LogP contribution < -0.4 is 81.4 Å². The van der Waals surface area contributed by atoms with Crippen LogP contribution in [0, 0.1) is 15.5 Å². The predicted octanol–water partition coefficient (Wildman–Crippen LogP) is -3.51. The summed E-state index contributed by atoms with van der Waals surface area (Å²) in [5.41, 5.74) is 6.60. The fourth-order valence-electron chi connectivity index (χ4n) is 3.00. The standard InChI is InChI=1S/C10H6N2O3S.C10H9NO3S.CH4.2ClH.HNO2.2Na/c11-12-9-5-6-10(16(13,14)15)8-4-2-1-3-7(8)9;11-9-5-6-10(14-15(12)13)8-4-2-1-3-7(8)9;;;;2-1-3;;/h1-6H;1-6H,11H2,(H,12,13);1H4;2*1H;(H,2,3);;/q;;;;;;2*+1/p-2. The molecule has 0 saturated carbocycles. The fourth-order valence-corrected chi connectivity index (χ4v) is 3.99. The van der Waals surface area contributed by atoms with Gasteiger partial charge in [0.05, 0.1) is 10.3 Å². The van der Waals surface area contributed by atoms with Gasteiger partial charge in [-0.2, -0.15) is 4.21 Å². The summed E-state index contributed by atoms with van der Waals surface area (Å²) in [5.74, 6) is 0.348. The average Bonchev–Trinajstić information content (AvgIpc) is 2.80. The van der Waals surface area contributed by atoms with E-state index in [2.05, 4.69) is 4.98 Å². The molecular weight excluding hydrogens is 617 g/mol.